The Balaban J connectivity index is 2.23. The van der Waals surface area contributed by atoms with E-state index in [1.165, 1.54) is 30.3 Å². The molecule has 18 heavy (non-hydrogen) atoms. The number of hydrogen-bond acceptors (Lipinski definition) is 5. The molecule has 2 aromatic rings. The largest absolute Gasteiger partial charge is 0.439 e. The van der Waals surface area contributed by atoms with Gasteiger partial charge in [0.2, 0.25) is 5.88 Å². The Morgan fingerprint density at radius 2 is 2.00 bits per heavy atom. The van der Waals surface area contributed by atoms with E-state index in [2.05, 4.69) is 9.97 Å². The van der Waals surface area contributed by atoms with E-state index in [0.717, 1.165) is 0 Å². The van der Waals surface area contributed by atoms with Crippen molar-refractivity contribution in [1.29, 1.82) is 0 Å². The number of halogens is 1. The number of hydrogen-bond donors (Lipinski definition) is 1. The zero-order valence-corrected chi connectivity index (χ0v) is 9.55. The normalized spacial score (nSPS) is 10.1. The molecule has 1 heterocycles. The molecule has 1 aromatic carbocycles. The van der Waals surface area contributed by atoms with Crippen molar-refractivity contribution in [2.45, 2.75) is 0 Å². The fourth-order valence-electron chi connectivity index (χ4n) is 1.22. The van der Waals surface area contributed by atoms with Crippen molar-refractivity contribution in [3.8, 4) is 11.6 Å². The number of non-ortho nitro benzene ring substituents is 1. The van der Waals surface area contributed by atoms with Crippen molar-refractivity contribution in [2.75, 3.05) is 0 Å². The Morgan fingerprint density at radius 1 is 1.33 bits per heavy atom. The molecule has 0 saturated carbocycles. The second-order valence-electron chi connectivity index (χ2n) is 3.23. The molecule has 1 N–H and O–H groups in total. The first-order valence-corrected chi connectivity index (χ1v) is 5.11. The average Bonchev–Trinajstić information content (AvgIpc) is 2.28. The van der Waals surface area contributed by atoms with Gasteiger partial charge in [0.1, 0.15) is 10.9 Å². The molecule has 8 heteroatoms. The summed E-state index contributed by atoms with van der Waals surface area (Å²) in [6.07, 6.45) is 0. The molecule has 0 radical (unpaired) electrons. The van der Waals surface area contributed by atoms with E-state index in [1.807, 2.05) is 0 Å². The second-order valence-corrected chi connectivity index (χ2v) is 3.63. The Labute approximate surface area is 105 Å². The van der Waals surface area contributed by atoms with Crippen LogP contribution in [0.3, 0.4) is 0 Å². The molecule has 0 unspecified atom stereocenters. The summed E-state index contributed by atoms with van der Waals surface area (Å²) in [5.41, 5.74) is -0.696. The number of nitrogens with one attached hydrogen (secondary N) is 1. The monoisotopic (exact) mass is 267 g/mol. The molecule has 0 aliphatic rings. The van der Waals surface area contributed by atoms with Crippen LogP contribution in [0.25, 0.3) is 0 Å². The standard InChI is InChI=1S/C10H6ClN3O4/c11-8-5-9(13-10(15)12-8)18-7-3-1-6(2-4-7)14(16)17/h1-5H,(H,12,13,15). The maximum atomic E-state index is 11.0. The van der Waals surface area contributed by atoms with Crippen LogP contribution in [-0.4, -0.2) is 14.9 Å². The Hall–Kier alpha value is -2.41. The third kappa shape index (κ3) is 2.83. The summed E-state index contributed by atoms with van der Waals surface area (Å²) in [6.45, 7) is 0. The molecule has 0 bridgehead atoms. The van der Waals surface area contributed by atoms with Crippen LogP contribution in [0.1, 0.15) is 0 Å². The number of aromatic nitrogens is 2. The maximum Gasteiger partial charge on any atom is 0.349 e. The van der Waals surface area contributed by atoms with Gasteiger partial charge in [-0.3, -0.25) is 15.1 Å². The summed E-state index contributed by atoms with van der Waals surface area (Å²) < 4.78 is 5.24. The molecule has 92 valence electrons. The number of nitro groups is 1. The van der Waals surface area contributed by atoms with E-state index in [9.17, 15) is 14.9 Å². The molecule has 1 aromatic heterocycles. The van der Waals surface area contributed by atoms with Gasteiger partial charge in [0.15, 0.2) is 0 Å². The second kappa shape index (κ2) is 4.84. The number of H-pyrrole nitrogens is 1. The summed E-state index contributed by atoms with van der Waals surface area (Å²) in [5, 5.41) is 10.5. The van der Waals surface area contributed by atoms with Crippen LogP contribution < -0.4 is 10.4 Å². The molecule has 0 fully saturated rings. The van der Waals surface area contributed by atoms with E-state index in [-0.39, 0.29) is 16.7 Å². The van der Waals surface area contributed by atoms with Gasteiger partial charge in [0, 0.05) is 18.2 Å². The molecule has 0 amide bonds. The van der Waals surface area contributed by atoms with Crippen molar-refractivity contribution in [3.05, 3.63) is 56.1 Å². The van der Waals surface area contributed by atoms with Crippen molar-refractivity contribution in [3.63, 3.8) is 0 Å². The third-order valence-electron chi connectivity index (χ3n) is 1.96. The van der Waals surface area contributed by atoms with Crippen LogP contribution in [-0.2, 0) is 0 Å². The number of aromatic amines is 1. The zero-order valence-electron chi connectivity index (χ0n) is 8.79. The third-order valence-corrected chi connectivity index (χ3v) is 2.16. The molecular formula is C10H6ClN3O4. The van der Waals surface area contributed by atoms with Gasteiger partial charge in [-0.25, -0.2) is 4.79 Å². The highest BCUT2D eigenvalue weighted by Crippen LogP contribution is 2.22. The van der Waals surface area contributed by atoms with Crippen molar-refractivity contribution in [1.82, 2.24) is 9.97 Å². The number of nitrogens with zero attached hydrogens (tertiary/aromatic N) is 2. The van der Waals surface area contributed by atoms with Gasteiger partial charge in [0.25, 0.3) is 5.69 Å². The summed E-state index contributed by atoms with van der Waals surface area (Å²) >= 11 is 5.62. The predicted octanol–water partition coefficient (Wildman–Crippen LogP) is 2.12. The molecule has 7 nitrogen and oxygen atoms in total. The lowest BCUT2D eigenvalue weighted by molar-refractivity contribution is -0.384. The first kappa shape index (κ1) is 12.1. The smallest absolute Gasteiger partial charge is 0.349 e. The zero-order chi connectivity index (χ0) is 13.1. The van der Waals surface area contributed by atoms with E-state index in [1.54, 1.807) is 0 Å². The summed E-state index contributed by atoms with van der Waals surface area (Å²) in [7, 11) is 0. The topological polar surface area (TPSA) is 98.1 Å². The Kier molecular flexibility index (Phi) is 3.24. The molecule has 2 rings (SSSR count). The highest BCUT2D eigenvalue weighted by Gasteiger charge is 2.06. The minimum Gasteiger partial charge on any atom is -0.439 e. The number of ether oxygens (including phenoxy) is 1. The van der Waals surface area contributed by atoms with Gasteiger partial charge < -0.3 is 4.74 Å². The molecule has 0 spiro atoms. The van der Waals surface area contributed by atoms with Crippen LogP contribution in [0.5, 0.6) is 11.6 Å². The van der Waals surface area contributed by atoms with Gasteiger partial charge in [-0.15, -0.1) is 0 Å². The lowest BCUT2D eigenvalue weighted by Crippen LogP contribution is -2.10. The quantitative estimate of drug-likeness (QED) is 0.522. The molecule has 0 aliphatic carbocycles. The van der Waals surface area contributed by atoms with Crippen LogP contribution in [0.15, 0.2) is 35.1 Å². The van der Waals surface area contributed by atoms with Gasteiger partial charge in [-0.05, 0) is 12.1 Å². The van der Waals surface area contributed by atoms with Crippen molar-refractivity contribution in [2.24, 2.45) is 0 Å². The highest BCUT2D eigenvalue weighted by molar-refractivity contribution is 6.29. The molecule has 0 atom stereocenters. The minimum atomic E-state index is -0.639. The van der Waals surface area contributed by atoms with E-state index in [0.29, 0.717) is 5.75 Å². The van der Waals surface area contributed by atoms with E-state index < -0.39 is 10.6 Å². The fourth-order valence-corrected chi connectivity index (χ4v) is 1.39. The molecule has 0 aliphatic heterocycles. The van der Waals surface area contributed by atoms with Crippen LogP contribution in [0.2, 0.25) is 5.15 Å². The van der Waals surface area contributed by atoms with Gasteiger partial charge in [-0.1, -0.05) is 11.6 Å². The SMILES string of the molecule is O=c1nc(Oc2ccc([N+](=O)[O-])cc2)cc(Cl)[nH]1. The lowest BCUT2D eigenvalue weighted by atomic mass is 10.3. The summed E-state index contributed by atoms with van der Waals surface area (Å²) in [5.74, 6) is 0.326. The van der Waals surface area contributed by atoms with Crippen LogP contribution in [0.4, 0.5) is 5.69 Å². The van der Waals surface area contributed by atoms with Crippen molar-refractivity contribution >= 4 is 17.3 Å². The van der Waals surface area contributed by atoms with Gasteiger partial charge in [0.05, 0.1) is 4.92 Å². The van der Waals surface area contributed by atoms with Crippen LogP contribution in [0, 0.1) is 10.1 Å². The van der Waals surface area contributed by atoms with Crippen LogP contribution >= 0.6 is 11.6 Å². The first-order chi connectivity index (χ1) is 8.54. The molecule has 0 saturated heterocycles. The van der Waals surface area contributed by atoms with E-state index in [4.69, 9.17) is 16.3 Å². The maximum absolute atomic E-state index is 11.0. The van der Waals surface area contributed by atoms with Crippen molar-refractivity contribution < 1.29 is 9.66 Å². The number of rotatable bonds is 3. The fraction of sp³-hybridized carbons (Fsp3) is 0. The Morgan fingerprint density at radius 3 is 2.56 bits per heavy atom. The lowest BCUT2D eigenvalue weighted by Gasteiger charge is -2.03. The molecular weight excluding hydrogens is 262 g/mol. The predicted molar refractivity (Wildman–Crippen MR) is 63.0 cm³/mol. The Bertz CT molecular complexity index is 638. The van der Waals surface area contributed by atoms with Gasteiger partial charge >= 0.3 is 5.69 Å². The highest BCUT2D eigenvalue weighted by atomic mass is 35.5. The number of nitro benzene ring substituents is 1. The number of benzene rings is 1. The average molecular weight is 268 g/mol. The first-order valence-electron chi connectivity index (χ1n) is 4.74. The minimum absolute atomic E-state index is 0.0117. The van der Waals surface area contributed by atoms with Gasteiger partial charge in [-0.2, -0.15) is 4.98 Å². The summed E-state index contributed by atoms with van der Waals surface area (Å²) in [6, 6.07) is 6.68. The summed E-state index contributed by atoms with van der Waals surface area (Å²) in [4.78, 5) is 26.7. The van der Waals surface area contributed by atoms with E-state index >= 15 is 0 Å².